The Morgan fingerprint density at radius 2 is 2.07 bits per heavy atom. The van der Waals surface area contributed by atoms with Crippen molar-refractivity contribution in [3.63, 3.8) is 0 Å². The van der Waals surface area contributed by atoms with Gasteiger partial charge in [-0.25, -0.2) is 0 Å². The maximum atomic E-state index is 5.62. The molecular weight excluding hydrogens is 192 g/mol. The predicted octanol–water partition coefficient (Wildman–Crippen LogP) is 3.85. The van der Waals surface area contributed by atoms with E-state index in [2.05, 4.69) is 32.5 Å². The minimum Gasteiger partial charge on any atom is -0.492 e. The molecule has 0 aliphatic carbocycles. The number of aryl methyl sites for hydroxylation is 1. The summed E-state index contributed by atoms with van der Waals surface area (Å²) in [5, 5.41) is 0. The maximum Gasteiger partial charge on any atom is 0.132 e. The van der Waals surface area contributed by atoms with Gasteiger partial charge in [0.25, 0.3) is 0 Å². The van der Waals surface area contributed by atoms with Gasteiger partial charge in [-0.05, 0) is 31.0 Å². The minimum absolute atomic E-state index is 0.796. The zero-order chi connectivity index (χ0) is 10.4. The van der Waals surface area contributed by atoms with Crippen LogP contribution in [0.4, 0.5) is 0 Å². The molecule has 0 saturated carbocycles. The fourth-order valence-electron chi connectivity index (χ4n) is 1.28. The standard InChI is InChI=1S/C12H18OS/c1-3-4-5-8-13-11-7-6-10(2)9-12(11)14/h6-7,9,14H,3-5,8H2,1-2H3. The molecule has 78 valence electrons. The minimum atomic E-state index is 0.796. The summed E-state index contributed by atoms with van der Waals surface area (Å²) in [5.41, 5.74) is 1.22. The smallest absolute Gasteiger partial charge is 0.132 e. The lowest BCUT2D eigenvalue weighted by molar-refractivity contribution is 0.299. The van der Waals surface area contributed by atoms with Gasteiger partial charge in [-0.3, -0.25) is 0 Å². The van der Waals surface area contributed by atoms with Crippen molar-refractivity contribution in [3.05, 3.63) is 23.8 Å². The van der Waals surface area contributed by atoms with Crippen molar-refractivity contribution in [2.45, 2.75) is 38.0 Å². The zero-order valence-corrected chi connectivity index (χ0v) is 9.81. The van der Waals surface area contributed by atoms with E-state index in [1.165, 1.54) is 18.4 Å². The highest BCUT2D eigenvalue weighted by atomic mass is 32.1. The summed E-state index contributed by atoms with van der Waals surface area (Å²) in [4.78, 5) is 0.932. The molecule has 0 N–H and O–H groups in total. The predicted molar refractivity (Wildman–Crippen MR) is 63.5 cm³/mol. The Morgan fingerprint density at radius 1 is 1.29 bits per heavy atom. The lowest BCUT2D eigenvalue weighted by atomic mass is 10.2. The van der Waals surface area contributed by atoms with Crippen LogP contribution in [-0.4, -0.2) is 6.61 Å². The van der Waals surface area contributed by atoms with Gasteiger partial charge in [0.05, 0.1) is 6.61 Å². The van der Waals surface area contributed by atoms with Crippen LogP contribution in [0.5, 0.6) is 5.75 Å². The molecule has 0 saturated heterocycles. The van der Waals surface area contributed by atoms with E-state index in [1.54, 1.807) is 0 Å². The Kier molecular flexibility index (Phi) is 4.88. The third kappa shape index (κ3) is 3.62. The number of ether oxygens (including phenoxy) is 1. The Balaban J connectivity index is 2.42. The van der Waals surface area contributed by atoms with Crippen LogP contribution in [-0.2, 0) is 0 Å². The molecular formula is C12H18OS. The molecule has 0 bridgehead atoms. The number of hydrogen-bond acceptors (Lipinski definition) is 2. The quantitative estimate of drug-likeness (QED) is 0.573. The summed E-state index contributed by atoms with van der Waals surface area (Å²) in [7, 11) is 0. The van der Waals surface area contributed by atoms with Crippen molar-refractivity contribution < 1.29 is 4.74 Å². The lowest BCUT2D eigenvalue weighted by Gasteiger charge is -2.08. The first-order chi connectivity index (χ1) is 6.74. The van der Waals surface area contributed by atoms with Crippen molar-refractivity contribution >= 4 is 12.6 Å². The van der Waals surface area contributed by atoms with Crippen LogP contribution in [0, 0.1) is 6.92 Å². The first-order valence-corrected chi connectivity index (χ1v) is 5.61. The monoisotopic (exact) mass is 210 g/mol. The van der Waals surface area contributed by atoms with Crippen LogP contribution in [0.3, 0.4) is 0 Å². The molecule has 0 amide bonds. The first kappa shape index (κ1) is 11.4. The normalized spacial score (nSPS) is 10.2. The molecule has 1 aromatic carbocycles. The van der Waals surface area contributed by atoms with Gasteiger partial charge in [0.2, 0.25) is 0 Å². The third-order valence-corrected chi connectivity index (χ3v) is 2.47. The van der Waals surface area contributed by atoms with E-state index in [1.807, 2.05) is 12.1 Å². The zero-order valence-electron chi connectivity index (χ0n) is 8.92. The van der Waals surface area contributed by atoms with Crippen LogP contribution in [0.15, 0.2) is 23.1 Å². The van der Waals surface area contributed by atoms with Crippen LogP contribution in [0.25, 0.3) is 0 Å². The van der Waals surface area contributed by atoms with Gasteiger partial charge in [0, 0.05) is 4.90 Å². The van der Waals surface area contributed by atoms with Crippen molar-refractivity contribution in [3.8, 4) is 5.75 Å². The topological polar surface area (TPSA) is 9.23 Å². The van der Waals surface area contributed by atoms with Crippen molar-refractivity contribution in [2.75, 3.05) is 6.61 Å². The summed E-state index contributed by atoms with van der Waals surface area (Å²) in [6.45, 7) is 5.04. The van der Waals surface area contributed by atoms with Gasteiger partial charge in [-0.1, -0.05) is 25.8 Å². The second-order valence-electron chi connectivity index (χ2n) is 3.53. The molecule has 1 rings (SSSR count). The summed E-state index contributed by atoms with van der Waals surface area (Å²) in [5.74, 6) is 0.898. The van der Waals surface area contributed by atoms with Crippen LogP contribution < -0.4 is 4.74 Å². The first-order valence-electron chi connectivity index (χ1n) is 5.16. The average molecular weight is 210 g/mol. The van der Waals surface area contributed by atoms with Gasteiger partial charge in [-0.2, -0.15) is 0 Å². The summed E-state index contributed by atoms with van der Waals surface area (Å²) < 4.78 is 5.62. The molecule has 0 aliphatic rings. The molecule has 0 unspecified atom stereocenters. The van der Waals surface area contributed by atoms with Gasteiger partial charge in [-0.15, -0.1) is 12.6 Å². The highest BCUT2D eigenvalue weighted by Gasteiger charge is 1.99. The van der Waals surface area contributed by atoms with Gasteiger partial charge < -0.3 is 4.74 Å². The van der Waals surface area contributed by atoms with E-state index < -0.39 is 0 Å². The number of thiol groups is 1. The molecule has 0 aromatic heterocycles. The van der Waals surface area contributed by atoms with Crippen molar-refractivity contribution in [1.82, 2.24) is 0 Å². The van der Waals surface area contributed by atoms with Gasteiger partial charge in [0.15, 0.2) is 0 Å². The van der Waals surface area contributed by atoms with E-state index in [0.29, 0.717) is 0 Å². The fourth-order valence-corrected chi connectivity index (χ4v) is 1.63. The molecule has 0 spiro atoms. The maximum absolute atomic E-state index is 5.62. The third-order valence-electron chi connectivity index (χ3n) is 2.12. The Bertz CT molecular complexity index is 284. The van der Waals surface area contributed by atoms with Crippen molar-refractivity contribution in [2.24, 2.45) is 0 Å². The Morgan fingerprint density at radius 3 is 2.71 bits per heavy atom. The van der Waals surface area contributed by atoms with E-state index in [9.17, 15) is 0 Å². The Labute approximate surface area is 91.9 Å². The molecule has 0 radical (unpaired) electrons. The number of rotatable bonds is 5. The number of hydrogen-bond donors (Lipinski definition) is 1. The van der Waals surface area contributed by atoms with Gasteiger partial charge in [0.1, 0.15) is 5.75 Å². The van der Waals surface area contributed by atoms with E-state index in [4.69, 9.17) is 4.74 Å². The largest absolute Gasteiger partial charge is 0.492 e. The second kappa shape index (κ2) is 5.97. The van der Waals surface area contributed by atoms with E-state index in [0.717, 1.165) is 23.7 Å². The molecule has 1 aromatic rings. The SMILES string of the molecule is CCCCCOc1ccc(C)cc1S. The highest BCUT2D eigenvalue weighted by Crippen LogP contribution is 2.23. The fraction of sp³-hybridized carbons (Fsp3) is 0.500. The van der Waals surface area contributed by atoms with Crippen molar-refractivity contribution in [1.29, 1.82) is 0 Å². The van der Waals surface area contributed by atoms with Crippen LogP contribution >= 0.6 is 12.6 Å². The van der Waals surface area contributed by atoms with E-state index >= 15 is 0 Å². The number of unbranched alkanes of at least 4 members (excludes halogenated alkanes) is 2. The molecule has 0 aliphatic heterocycles. The lowest BCUT2D eigenvalue weighted by Crippen LogP contribution is -1.97. The van der Waals surface area contributed by atoms with Crippen LogP contribution in [0.2, 0.25) is 0 Å². The molecule has 14 heavy (non-hydrogen) atoms. The second-order valence-corrected chi connectivity index (χ2v) is 4.01. The number of benzene rings is 1. The molecule has 2 heteroatoms. The Hall–Kier alpha value is -0.630. The molecule has 1 nitrogen and oxygen atoms in total. The average Bonchev–Trinajstić information content (AvgIpc) is 2.15. The van der Waals surface area contributed by atoms with Gasteiger partial charge >= 0.3 is 0 Å². The van der Waals surface area contributed by atoms with E-state index in [-0.39, 0.29) is 0 Å². The summed E-state index contributed by atoms with van der Waals surface area (Å²) in [6.07, 6.45) is 3.58. The molecule has 0 heterocycles. The molecule has 0 atom stereocenters. The molecule has 0 fully saturated rings. The summed E-state index contributed by atoms with van der Waals surface area (Å²) in [6, 6.07) is 6.07. The van der Waals surface area contributed by atoms with Crippen LogP contribution in [0.1, 0.15) is 31.7 Å². The summed E-state index contributed by atoms with van der Waals surface area (Å²) >= 11 is 4.37. The highest BCUT2D eigenvalue weighted by molar-refractivity contribution is 7.80.